The first kappa shape index (κ1) is 13.8. The predicted molar refractivity (Wildman–Crippen MR) is 82.0 cm³/mol. The van der Waals surface area contributed by atoms with Crippen molar-refractivity contribution in [2.24, 2.45) is 5.92 Å². The monoisotopic (exact) mass is 310 g/mol. The van der Waals surface area contributed by atoms with Crippen LogP contribution in [0.1, 0.15) is 31.4 Å². The van der Waals surface area contributed by atoms with Crippen molar-refractivity contribution >= 4 is 29.0 Å². The van der Waals surface area contributed by atoms with Crippen LogP contribution < -0.4 is 5.73 Å². The highest BCUT2D eigenvalue weighted by atomic mass is 35.5. The zero-order valence-electron chi connectivity index (χ0n) is 11.0. The minimum Gasteiger partial charge on any atom is -0.380 e. The van der Waals surface area contributed by atoms with Crippen LogP contribution in [0.15, 0.2) is 22.7 Å². The largest absolute Gasteiger partial charge is 0.380 e. The van der Waals surface area contributed by atoms with Crippen LogP contribution in [0.4, 0.5) is 5.82 Å². The Hall–Kier alpha value is -1.19. The third-order valence-electron chi connectivity index (χ3n) is 3.95. The van der Waals surface area contributed by atoms with Gasteiger partial charge in [0.1, 0.15) is 5.76 Å². The zero-order chi connectivity index (χ0) is 14.1. The van der Waals surface area contributed by atoms with E-state index in [1.807, 2.05) is 6.07 Å². The first-order chi connectivity index (χ1) is 9.66. The molecule has 3 rings (SSSR count). The van der Waals surface area contributed by atoms with Gasteiger partial charge in [-0.15, -0.1) is 0 Å². The quantitative estimate of drug-likeness (QED) is 0.871. The second-order valence-electron chi connectivity index (χ2n) is 5.32. The molecule has 0 radical (unpaired) electrons. The van der Waals surface area contributed by atoms with Crippen molar-refractivity contribution in [3.8, 4) is 11.1 Å². The van der Waals surface area contributed by atoms with Gasteiger partial charge in [-0.3, -0.25) is 0 Å². The molecule has 106 valence electrons. The minimum atomic E-state index is 0.355. The molecule has 0 unspecified atom stereocenters. The number of nitrogens with two attached hydrogens (primary N) is 1. The zero-order valence-corrected chi connectivity index (χ0v) is 12.5. The number of rotatable bonds is 3. The molecule has 20 heavy (non-hydrogen) atoms. The number of hydrogen-bond donors (Lipinski definition) is 1. The molecule has 1 heterocycles. The summed E-state index contributed by atoms with van der Waals surface area (Å²) in [5, 5.41) is 5.04. The predicted octanol–water partition coefficient (Wildman–Crippen LogP) is 4.96. The molecule has 0 amide bonds. The summed E-state index contributed by atoms with van der Waals surface area (Å²) in [4.78, 5) is 0. The maximum atomic E-state index is 6.27. The van der Waals surface area contributed by atoms with E-state index >= 15 is 0 Å². The second-order valence-corrected chi connectivity index (χ2v) is 6.13. The van der Waals surface area contributed by atoms with Crippen molar-refractivity contribution in [3.63, 3.8) is 0 Å². The van der Waals surface area contributed by atoms with E-state index in [-0.39, 0.29) is 0 Å². The van der Waals surface area contributed by atoms with Gasteiger partial charge in [0, 0.05) is 12.0 Å². The molecule has 0 atom stereocenters. The first-order valence-corrected chi connectivity index (χ1v) is 7.61. The molecule has 1 aliphatic carbocycles. The molecule has 0 aliphatic heterocycles. The molecule has 1 aliphatic rings. The fourth-order valence-electron chi connectivity index (χ4n) is 2.96. The summed E-state index contributed by atoms with van der Waals surface area (Å²) in [5.41, 5.74) is 7.44. The summed E-state index contributed by atoms with van der Waals surface area (Å²) >= 11 is 12.5. The third-order valence-corrected chi connectivity index (χ3v) is 4.58. The van der Waals surface area contributed by atoms with Crippen LogP contribution in [0.3, 0.4) is 0 Å². The Morgan fingerprint density at radius 1 is 1.15 bits per heavy atom. The molecule has 0 bridgehead atoms. The highest BCUT2D eigenvalue weighted by Gasteiger charge is 2.24. The number of hydrogen-bond acceptors (Lipinski definition) is 3. The van der Waals surface area contributed by atoms with Crippen LogP contribution in [0.2, 0.25) is 10.0 Å². The Balaban J connectivity index is 2.02. The van der Waals surface area contributed by atoms with E-state index in [1.54, 1.807) is 12.1 Å². The van der Waals surface area contributed by atoms with Crippen molar-refractivity contribution in [2.75, 3.05) is 5.73 Å². The number of aromatic nitrogens is 1. The van der Waals surface area contributed by atoms with Gasteiger partial charge in [-0.2, -0.15) is 0 Å². The van der Waals surface area contributed by atoms with E-state index in [2.05, 4.69) is 5.16 Å². The fourth-order valence-corrected chi connectivity index (χ4v) is 3.54. The topological polar surface area (TPSA) is 52.0 Å². The summed E-state index contributed by atoms with van der Waals surface area (Å²) in [6, 6.07) is 5.41. The van der Waals surface area contributed by atoms with Crippen LogP contribution in [0.25, 0.3) is 11.1 Å². The second kappa shape index (κ2) is 5.66. The summed E-state index contributed by atoms with van der Waals surface area (Å²) in [5.74, 6) is 1.79. The van der Waals surface area contributed by atoms with Crippen molar-refractivity contribution in [2.45, 2.75) is 32.1 Å². The SMILES string of the molecule is Nc1noc(CC2CCCC2)c1-c1c(Cl)cccc1Cl. The molecule has 3 nitrogen and oxygen atoms in total. The Morgan fingerprint density at radius 2 is 1.80 bits per heavy atom. The van der Waals surface area contributed by atoms with E-state index in [4.69, 9.17) is 33.5 Å². The van der Waals surface area contributed by atoms with Crippen molar-refractivity contribution in [1.29, 1.82) is 0 Å². The molecule has 5 heteroatoms. The molecule has 2 N–H and O–H groups in total. The van der Waals surface area contributed by atoms with E-state index in [0.29, 0.717) is 21.8 Å². The van der Waals surface area contributed by atoms with Crippen molar-refractivity contribution in [3.05, 3.63) is 34.0 Å². The maximum absolute atomic E-state index is 6.27. The molecule has 1 fully saturated rings. The molecule has 0 spiro atoms. The number of halogens is 2. The van der Waals surface area contributed by atoms with Gasteiger partial charge in [-0.05, 0) is 18.1 Å². The van der Waals surface area contributed by atoms with Gasteiger partial charge < -0.3 is 10.3 Å². The van der Waals surface area contributed by atoms with E-state index in [0.717, 1.165) is 23.3 Å². The summed E-state index contributed by atoms with van der Waals surface area (Å²) < 4.78 is 5.43. The lowest BCUT2D eigenvalue weighted by molar-refractivity contribution is 0.362. The highest BCUT2D eigenvalue weighted by Crippen LogP contribution is 2.41. The van der Waals surface area contributed by atoms with Crippen LogP contribution >= 0.6 is 23.2 Å². The number of nitrogens with zero attached hydrogens (tertiary/aromatic N) is 1. The van der Waals surface area contributed by atoms with Gasteiger partial charge in [0.15, 0.2) is 5.82 Å². The molecule has 1 aromatic heterocycles. The number of nitrogen functional groups attached to an aromatic ring is 1. The van der Waals surface area contributed by atoms with Gasteiger partial charge in [-0.1, -0.05) is 60.1 Å². The number of anilines is 1. The van der Waals surface area contributed by atoms with Crippen LogP contribution in [-0.4, -0.2) is 5.16 Å². The minimum absolute atomic E-state index is 0.355. The van der Waals surface area contributed by atoms with E-state index in [1.165, 1.54) is 25.7 Å². The normalized spacial score (nSPS) is 15.9. The van der Waals surface area contributed by atoms with Crippen molar-refractivity contribution in [1.82, 2.24) is 5.16 Å². The molecule has 2 aromatic rings. The highest BCUT2D eigenvalue weighted by molar-refractivity contribution is 6.39. The van der Waals surface area contributed by atoms with E-state index < -0.39 is 0 Å². The average Bonchev–Trinajstić information content (AvgIpc) is 3.03. The molecular weight excluding hydrogens is 295 g/mol. The Bertz CT molecular complexity index is 598. The standard InChI is InChI=1S/C15H16Cl2N2O/c16-10-6-3-7-11(17)13(10)14-12(20-19-15(14)18)8-9-4-1-2-5-9/h3,6-7,9H,1-2,4-5,8H2,(H2,18,19). The van der Waals surface area contributed by atoms with E-state index in [9.17, 15) is 0 Å². The lowest BCUT2D eigenvalue weighted by Gasteiger charge is -2.10. The first-order valence-electron chi connectivity index (χ1n) is 6.85. The van der Waals surface area contributed by atoms with Crippen molar-refractivity contribution < 1.29 is 4.52 Å². The molecule has 1 aromatic carbocycles. The summed E-state index contributed by atoms with van der Waals surface area (Å²) in [6.07, 6.45) is 5.89. The lowest BCUT2D eigenvalue weighted by Crippen LogP contribution is -2.00. The van der Waals surface area contributed by atoms with Crippen LogP contribution in [0.5, 0.6) is 0 Å². The Labute approximate surface area is 128 Å². The van der Waals surface area contributed by atoms with Crippen LogP contribution in [-0.2, 0) is 6.42 Å². The van der Waals surface area contributed by atoms with Gasteiger partial charge in [0.05, 0.1) is 15.6 Å². The Morgan fingerprint density at radius 3 is 2.45 bits per heavy atom. The van der Waals surface area contributed by atoms with Gasteiger partial charge in [0.2, 0.25) is 0 Å². The maximum Gasteiger partial charge on any atom is 0.175 e. The number of benzene rings is 1. The van der Waals surface area contributed by atoms with Crippen LogP contribution in [0, 0.1) is 5.92 Å². The Kier molecular flexibility index (Phi) is 3.90. The lowest BCUT2D eigenvalue weighted by atomic mass is 9.97. The third kappa shape index (κ3) is 2.52. The average molecular weight is 311 g/mol. The smallest absolute Gasteiger partial charge is 0.175 e. The summed E-state index contributed by atoms with van der Waals surface area (Å²) in [6.45, 7) is 0. The van der Waals surface area contributed by atoms with Gasteiger partial charge in [-0.25, -0.2) is 0 Å². The fraction of sp³-hybridized carbons (Fsp3) is 0.400. The van der Waals surface area contributed by atoms with Gasteiger partial charge in [0.25, 0.3) is 0 Å². The molecule has 0 saturated heterocycles. The molecule has 1 saturated carbocycles. The molecular formula is C15H16Cl2N2O. The summed E-state index contributed by atoms with van der Waals surface area (Å²) in [7, 11) is 0. The van der Waals surface area contributed by atoms with Gasteiger partial charge >= 0.3 is 0 Å².